The number of pyridine rings is 1. The molecule has 4 aliphatic rings. The predicted octanol–water partition coefficient (Wildman–Crippen LogP) is 3.53. The van der Waals surface area contributed by atoms with E-state index in [0.717, 1.165) is 56.7 Å². The van der Waals surface area contributed by atoms with E-state index in [0.29, 0.717) is 16.5 Å². The van der Waals surface area contributed by atoms with Crippen LogP contribution < -0.4 is 31.4 Å². The van der Waals surface area contributed by atoms with Gasteiger partial charge in [-0.2, -0.15) is 9.99 Å². The Morgan fingerprint density at radius 3 is 2.25 bits per heavy atom. The molecule has 11 heterocycles. The van der Waals surface area contributed by atoms with Crippen LogP contribution in [0.4, 0.5) is 0 Å². The lowest BCUT2D eigenvalue weighted by Gasteiger charge is -2.48. The van der Waals surface area contributed by atoms with Crippen molar-refractivity contribution < 1.29 is 87.2 Å². The Balaban J connectivity index is 1.03. The molecule has 8 aromatic rings. The molecule has 103 heavy (non-hydrogen) atoms. The lowest BCUT2D eigenvalue weighted by Crippen LogP contribution is -2.62. The van der Waals surface area contributed by atoms with Crippen molar-refractivity contribution in [2.75, 3.05) is 61.7 Å². The Morgan fingerprint density at radius 1 is 0.864 bits per heavy atom. The van der Waals surface area contributed by atoms with E-state index in [9.17, 15) is 40.1 Å². The van der Waals surface area contributed by atoms with E-state index < -0.39 is 134 Å². The number of cyclic esters (lactones) is 2. The summed E-state index contributed by atoms with van der Waals surface area (Å²) < 4.78 is 39.3. The van der Waals surface area contributed by atoms with Crippen LogP contribution in [-0.4, -0.2) is 222 Å². The van der Waals surface area contributed by atoms with Crippen LogP contribution in [0.2, 0.25) is 0 Å². The fraction of sp³-hybridized carbons (Fsp3) is 0.415. The quantitative estimate of drug-likeness (QED) is 0.0589. The Bertz CT molecular complexity index is 4690. The summed E-state index contributed by atoms with van der Waals surface area (Å²) in [6.45, 7) is 4.64. The number of fused-ring (bicyclic) bond motifs is 15. The zero-order valence-electron chi connectivity index (χ0n) is 56.4. The number of hydrogen-bond donors (Lipinski definition) is 9. The number of nitrogens with one attached hydrogen (secondary N) is 5. The van der Waals surface area contributed by atoms with Crippen molar-refractivity contribution in [3.63, 3.8) is 0 Å². The molecule has 33 nitrogen and oxygen atoms in total. The highest BCUT2D eigenvalue weighted by atomic mass is 32.1. The van der Waals surface area contributed by atoms with Crippen LogP contribution in [0.25, 0.3) is 49.3 Å². The average molecular weight is 1510 g/mol. The number of carbonyl (C=O) groups is 7. The van der Waals surface area contributed by atoms with Gasteiger partial charge in [0.2, 0.25) is 5.91 Å². The normalized spacial score (nSPS) is 23.8. The standard InChI is InChI=1S/C65H69N15O18S5/c1-27(82)44-57(88)76-45(28(2)92-8)60-71-39(26-101-60)56(87)77-48-50-51(98-42-16-65(4,91)52(78(5)6)29(3)97-42)64(90)95-19-30-11-10-12-40-43(30)33(20-94-50)49(80(40)93-9)63(89)96-21-34(68-54(85)37-25-103-62(48)73-37)59-69-35(22-100-59)46-32(58-70-38(23-99-58)55(86)75-44)15-41(83)47(74-46)61-72-36(24-102-61)53(84)67-31(17-66)18-79(7)13-14-81/h10-12,15,22-27,29,31,34,42,44,48,50-52,81-83,91H,13-14,16,18-21H2,1-9H3,(H,67,84)(H,68,85)(H,75,86)(H,76,88)(H,77,87)/b45-28+. The van der Waals surface area contributed by atoms with Gasteiger partial charge in [0.05, 0.1) is 55.8 Å². The van der Waals surface area contributed by atoms with Gasteiger partial charge in [0.15, 0.2) is 18.1 Å². The first-order chi connectivity index (χ1) is 49.3. The minimum Gasteiger partial charge on any atom is -0.506 e. The Labute approximate surface area is 606 Å². The van der Waals surface area contributed by atoms with Crippen LogP contribution >= 0.6 is 56.7 Å². The number of aromatic hydroxyl groups is 1. The number of carbonyl (C=O) groups excluding carboxylic acids is 7. The lowest BCUT2D eigenvalue weighted by molar-refractivity contribution is -0.280. The molecule has 12 bridgehead atoms. The summed E-state index contributed by atoms with van der Waals surface area (Å²) in [5, 5.41) is 75.8. The average Bonchev–Trinajstić information content (AvgIpc) is 1.63. The van der Waals surface area contributed by atoms with E-state index in [-0.39, 0.29) is 119 Å². The number of thiazole rings is 5. The second-order valence-corrected chi connectivity index (χ2v) is 29.2. The molecule has 11 unspecified atom stereocenters. The minimum absolute atomic E-state index is 0.00207. The third kappa shape index (κ3) is 15.1. The summed E-state index contributed by atoms with van der Waals surface area (Å²) in [6, 6.07) is 2.12. The van der Waals surface area contributed by atoms with E-state index in [2.05, 4.69) is 41.5 Å². The molecule has 5 amide bonds. The highest BCUT2D eigenvalue weighted by molar-refractivity contribution is 7.14. The molecule has 1 saturated heterocycles. The van der Waals surface area contributed by atoms with Crippen LogP contribution in [-0.2, 0) is 51.2 Å². The van der Waals surface area contributed by atoms with Gasteiger partial charge in [-0.15, -0.1) is 56.7 Å². The number of rotatable bonds is 13. The van der Waals surface area contributed by atoms with Crippen LogP contribution in [0.5, 0.6) is 5.75 Å². The number of aromatic nitrogens is 7. The van der Waals surface area contributed by atoms with Crippen molar-refractivity contribution in [2.45, 2.75) is 114 Å². The number of aliphatic hydroxyl groups is 3. The number of ether oxygens (including phenoxy) is 6. The maximum atomic E-state index is 15.3. The molecule has 542 valence electrons. The van der Waals surface area contributed by atoms with Gasteiger partial charge in [-0.25, -0.2) is 39.5 Å². The first-order valence-corrected chi connectivity index (χ1v) is 36.2. The minimum atomic E-state index is -1.89. The van der Waals surface area contributed by atoms with E-state index in [4.69, 9.17) is 48.2 Å². The molecule has 4 aliphatic heterocycles. The van der Waals surface area contributed by atoms with Crippen molar-refractivity contribution in [1.82, 2.24) is 71.0 Å². The summed E-state index contributed by atoms with van der Waals surface area (Å²) in [5.41, 5.74) is -1.82. The van der Waals surface area contributed by atoms with Crippen molar-refractivity contribution in [1.29, 1.82) is 5.26 Å². The summed E-state index contributed by atoms with van der Waals surface area (Å²) in [6.07, 6.45) is -7.44. The topological polar surface area (TPSA) is 438 Å². The molecule has 38 heteroatoms. The number of nitrogens with zero attached hydrogens (tertiary/aromatic N) is 10. The molecular formula is C65H69N15O18S5. The maximum absolute atomic E-state index is 15.3. The van der Waals surface area contributed by atoms with E-state index in [1.807, 2.05) is 6.07 Å². The van der Waals surface area contributed by atoms with Crippen molar-refractivity contribution in [3.05, 3.63) is 112 Å². The zero-order valence-corrected chi connectivity index (χ0v) is 60.5. The molecule has 1 aromatic carbocycles. The van der Waals surface area contributed by atoms with Crippen LogP contribution in [0.1, 0.15) is 125 Å². The first-order valence-electron chi connectivity index (χ1n) is 31.8. The number of amides is 5. The SMILES string of the molecule is CO/C(C)=C1/NC(=O)C(C(C)O)NC(=O)c2csc(n2)-c2cc(O)c(-c3nc(C(=O)NC(C#N)CN(C)CCO)cs3)nc2-c2csc(n2)C2COC(=O)c3c4c5c(cccc5n3OC)COC(=O)C(OC3CC(C)(O)C(N(C)C)C(C)O3)C(OC4)C(NC(=O)c3csc1n3)c1nc(cs1)C(=O)N2. The number of benzene rings is 1. The van der Waals surface area contributed by atoms with Gasteiger partial charge in [-0.1, -0.05) is 12.1 Å². The van der Waals surface area contributed by atoms with Crippen molar-refractivity contribution in [3.8, 4) is 44.5 Å². The van der Waals surface area contributed by atoms with E-state index >= 15 is 19.2 Å². The van der Waals surface area contributed by atoms with Crippen LogP contribution in [0.3, 0.4) is 0 Å². The molecule has 7 aromatic heterocycles. The third-order valence-electron chi connectivity index (χ3n) is 17.4. The molecular weight excluding hydrogens is 1440 g/mol. The van der Waals surface area contributed by atoms with Gasteiger partial charge in [0.25, 0.3) is 23.6 Å². The predicted molar refractivity (Wildman–Crippen MR) is 371 cm³/mol. The number of allylic oxidation sites excluding steroid dienone is 1. The Morgan fingerprint density at radius 2 is 1.54 bits per heavy atom. The Hall–Kier alpha value is -9.34. The van der Waals surface area contributed by atoms with Crippen molar-refractivity contribution in [2.24, 2.45) is 0 Å². The summed E-state index contributed by atoms with van der Waals surface area (Å²) in [5.74, 6) is -6.84. The highest BCUT2D eigenvalue weighted by Gasteiger charge is 2.50. The van der Waals surface area contributed by atoms with Gasteiger partial charge in [-0.05, 0) is 66.5 Å². The molecule has 12 rings (SSSR count). The van der Waals surface area contributed by atoms with Crippen molar-refractivity contribution >= 4 is 115 Å². The smallest absolute Gasteiger partial charge is 0.358 e. The fourth-order valence-corrected chi connectivity index (χ4v) is 16.7. The molecule has 0 spiro atoms. The van der Waals surface area contributed by atoms with Gasteiger partial charge >= 0.3 is 11.9 Å². The number of hydrogen-bond acceptors (Lipinski definition) is 32. The van der Waals surface area contributed by atoms with Crippen LogP contribution in [0.15, 0.2) is 56.9 Å². The van der Waals surface area contributed by atoms with Gasteiger partial charge in [0, 0.05) is 62.9 Å². The molecule has 0 radical (unpaired) electrons. The number of esters is 2. The molecule has 11 atom stereocenters. The van der Waals surface area contributed by atoms with Gasteiger partial charge in [0.1, 0.15) is 133 Å². The number of aliphatic hydroxyl groups excluding tert-OH is 2. The largest absolute Gasteiger partial charge is 0.506 e. The van der Waals surface area contributed by atoms with E-state index in [1.165, 1.54) is 60.4 Å². The van der Waals surface area contributed by atoms with E-state index in [1.54, 1.807) is 68.4 Å². The molecule has 0 aliphatic carbocycles. The number of nitriles is 1. The maximum Gasteiger partial charge on any atom is 0.358 e. The second kappa shape index (κ2) is 30.5. The number of likely N-dealkylation sites (N-methyl/N-ethyl adjacent to an activating group) is 2. The number of methoxy groups -OCH3 is 1. The lowest BCUT2D eigenvalue weighted by atomic mass is 9.85. The Kier molecular flexibility index (Phi) is 21.8. The van der Waals surface area contributed by atoms with Gasteiger partial charge in [-0.3, -0.25) is 24.0 Å². The summed E-state index contributed by atoms with van der Waals surface area (Å²) in [4.78, 5) is 141. The molecule has 9 N–H and O–H groups in total. The molecule has 0 saturated carbocycles. The summed E-state index contributed by atoms with van der Waals surface area (Å²) in [7, 11) is 7.86. The van der Waals surface area contributed by atoms with Crippen LogP contribution in [0, 0.1) is 11.3 Å². The second-order valence-electron chi connectivity index (χ2n) is 24.8. The summed E-state index contributed by atoms with van der Waals surface area (Å²) >= 11 is 4.61. The molecule has 1 fully saturated rings. The first kappa shape index (κ1) is 73.4. The fourth-order valence-electron chi connectivity index (χ4n) is 12.6. The monoisotopic (exact) mass is 1510 g/mol. The highest BCUT2D eigenvalue weighted by Crippen LogP contribution is 2.43. The third-order valence-corrected chi connectivity index (χ3v) is 21.8. The van der Waals surface area contributed by atoms with Gasteiger partial charge < -0.3 is 90.1 Å². The zero-order chi connectivity index (χ0) is 73.5.